The normalized spacial score (nSPS) is 11.2. The van der Waals surface area contributed by atoms with E-state index in [0.29, 0.717) is 5.82 Å². The molecule has 0 saturated carbocycles. The van der Waals surface area contributed by atoms with E-state index in [1.54, 1.807) is 10.9 Å². The van der Waals surface area contributed by atoms with Crippen LogP contribution < -0.4 is 0 Å². The summed E-state index contributed by atoms with van der Waals surface area (Å²) < 4.78 is 3.74. The minimum absolute atomic E-state index is 0.712. The van der Waals surface area contributed by atoms with Crippen molar-refractivity contribution in [2.45, 2.75) is 6.92 Å². The topological polar surface area (TPSA) is 61.4 Å². The molecule has 4 aromatic heterocycles. The highest BCUT2D eigenvalue weighted by molar-refractivity contribution is 5.92. The first-order chi connectivity index (χ1) is 10.7. The van der Waals surface area contributed by atoms with Crippen LogP contribution in [0.1, 0.15) is 5.82 Å². The molecule has 22 heavy (non-hydrogen) atoms. The fraction of sp³-hybridized carbons (Fsp3) is 0.125. The lowest BCUT2D eigenvalue weighted by Crippen LogP contribution is -2.02. The number of rotatable bonds is 2. The highest BCUT2D eigenvalue weighted by atomic mass is 15.3. The van der Waals surface area contributed by atoms with Crippen LogP contribution in [-0.4, -0.2) is 29.3 Å². The Morgan fingerprint density at radius 3 is 2.77 bits per heavy atom. The van der Waals surface area contributed by atoms with Gasteiger partial charge in [0.25, 0.3) is 0 Å². The summed E-state index contributed by atoms with van der Waals surface area (Å²) >= 11 is 0. The fourth-order valence-electron chi connectivity index (χ4n) is 2.60. The van der Waals surface area contributed by atoms with E-state index in [0.717, 1.165) is 28.1 Å². The monoisotopic (exact) mass is 290 g/mol. The molecule has 0 amide bonds. The van der Waals surface area contributed by atoms with E-state index < -0.39 is 0 Å². The minimum atomic E-state index is 0.712. The first-order valence-corrected chi connectivity index (χ1v) is 6.98. The second kappa shape index (κ2) is 4.77. The summed E-state index contributed by atoms with van der Waals surface area (Å²) in [6.45, 7) is 1.89. The average molecular weight is 290 g/mol. The van der Waals surface area contributed by atoms with Gasteiger partial charge in [0.2, 0.25) is 0 Å². The van der Waals surface area contributed by atoms with Gasteiger partial charge in [0.1, 0.15) is 11.5 Å². The van der Waals surface area contributed by atoms with Crippen molar-refractivity contribution in [1.29, 1.82) is 0 Å². The third kappa shape index (κ3) is 1.96. The van der Waals surface area contributed by atoms with Crippen LogP contribution in [0.2, 0.25) is 0 Å². The van der Waals surface area contributed by atoms with Gasteiger partial charge in [-0.3, -0.25) is 0 Å². The SMILES string of the molecule is Cc1nc(-c2ccnc3c2ccn3C)cc(-n2cccn2)n1. The molecule has 0 aromatic carbocycles. The zero-order chi connectivity index (χ0) is 15.1. The van der Waals surface area contributed by atoms with Gasteiger partial charge < -0.3 is 4.57 Å². The molecular formula is C16H14N6. The van der Waals surface area contributed by atoms with Gasteiger partial charge in [0.05, 0.1) is 5.69 Å². The maximum absolute atomic E-state index is 4.58. The summed E-state index contributed by atoms with van der Waals surface area (Å²) in [6.07, 6.45) is 7.42. The van der Waals surface area contributed by atoms with Crippen LogP contribution in [-0.2, 0) is 7.05 Å². The zero-order valence-electron chi connectivity index (χ0n) is 12.3. The summed E-state index contributed by atoms with van der Waals surface area (Å²) in [4.78, 5) is 13.5. The second-order valence-corrected chi connectivity index (χ2v) is 5.13. The fourth-order valence-corrected chi connectivity index (χ4v) is 2.60. The Morgan fingerprint density at radius 2 is 1.95 bits per heavy atom. The molecule has 0 aliphatic carbocycles. The summed E-state index contributed by atoms with van der Waals surface area (Å²) in [7, 11) is 1.99. The van der Waals surface area contributed by atoms with E-state index in [1.165, 1.54) is 0 Å². The van der Waals surface area contributed by atoms with Gasteiger partial charge in [0, 0.05) is 48.9 Å². The number of hydrogen-bond donors (Lipinski definition) is 0. The molecule has 108 valence electrons. The van der Waals surface area contributed by atoms with Crippen molar-refractivity contribution in [2.24, 2.45) is 7.05 Å². The summed E-state index contributed by atoms with van der Waals surface area (Å²) in [6, 6.07) is 7.86. The molecule has 0 spiro atoms. The van der Waals surface area contributed by atoms with E-state index in [1.807, 2.05) is 55.3 Å². The summed E-state index contributed by atoms with van der Waals surface area (Å²) in [5.74, 6) is 1.47. The largest absolute Gasteiger partial charge is 0.336 e. The predicted molar refractivity (Wildman–Crippen MR) is 83.6 cm³/mol. The lowest BCUT2D eigenvalue weighted by molar-refractivity contribution is 0.829. The van der Waals surface area contributed by atoms with Crippen LogP contribution in [0.3, 0.4) is 0 Å². The molecule has 0 saturated heterocycles. The molecule has 4 heterocycles. The first-order valence-electron chi connectivity index (χ1n) is 6.98. The van der Waals surface area contributed by atoms with Gasteiger partial charge in [-0.15, -0.1) is 0 Å². The van der Waals surface area contributed by atoms with Gasteiger partial charge in [0.15, 0.2) is 5.82 Å². The molecular weight excluding hydrogens is 276 g/mol. The standard InChI is InChI=1S/C16H14N6/c1-11-19-14(10-15(20-11)22-8-3-6-18-22)12-4-7-17-16-13(12)5-9-21(16)2/h3-10H,1-2H3. The van der Waals surface area contributed by atoms with E-state index in [2.05, 4.69) is 26.1 Å². The summed E-state index contributed by atoms with van der Waals surface area (Å²) in [5, 5.41) is 5.32. The van der Waals surface area contributed by atoms with Crippen LogP contribution in [0.5, 0.6) is 0 Å². The third-order valence-corrected chi connectivity index (χ3v) is 3.61. The Balaban J connectivity index is 1.95. The van der Waals surface area contributed by atoms with Gasteiger partial charge >= 0.3 is 0 Å². The average Bonchev–Trinajstić information content (AvgIpc) is 3.17. The number of hydrogen-bond acceptors (Lipinski definition) is 4. The molecule has 0 N–H and O–H groups in total. The molecule has 4 aromatic rings. The van der Waals surface area contributed by atoms with Crippen molar-refractivity contribution in [3.63, 3.8) is 0 Å². The molecule has 0 aliphatic heterocycles. The number of nitrogens with zero attached hydrogens (tertiary/aromatic N) is 6. The van der Waals surface area contributed by atoms with E-state index in [-0.39, 0.29) is 0 Å². The lowest BCUT2D eigenvalue weighted by atomic mass is 10.1. The molecule has 6 nitrogen and oxygen atoms in total. The van der Waals surface area contributed by atoms with E-state index >= 15 is 0 Å². The number of aryl methyl sites for hydroxylation is 2. The van der Waals surface area contributed by atoms with Gasteiger partial charge in [-0.1, -0.05) is 0 Å². The smallest absolute Gasteiger partial charge is 0.157 e. The maximum atomic E-state index is 4.58. The van der Waals surface area contributed by atoms with Crippen LogP contribution in [0, 0.1) is 6.92 Å². The Hall–Kier alpha value is -3.02. The molecule has 6 heteroatoms. The lowest BCUT2D eigenvalue weighted by Gasteiger charge is -2.07. The van der Waals surface area contributed by atoms with Crippen LogP contribution in [0.15, 0.2) is 49.1 Å². The van der Waals surface area contributed by atoms with Crippen molar-refractivity contribution in [3.05, 3.63) is 54.9 Å². The van der Waals surface area contributed by atoms with Crippen molar-refractivity contribution in [2.75, 3.05) is 0 Å². The van der Waals surface area contributed by atoms with Crippen molar-refractivity contribution in [3.8, 4) is 17.1 Å². The molecule has 0 radical (unpaired) electrons. The Labute approximate surface area is 127 Å². The van der Waals surface area contributed by atoms with Crippen molar-refractivity contribution in [1.82, 2.24) is 29.3 Å². The predicted octanol–water partition coefficient (Wildman–Crippen LogP) is 2.52. The van der Waals surface area contributed by atoms with E-state index in [4.69, 9.17) is 0 Å². The highest BCUT2D eigenvalue weighted by Crippen LogP contribution is 2.27. The molecule has 0 unspecified atom stereocenters. The Kier molecular flexibility index (Phi) is 2.75. The van der Waals surface area contributed by atoms with Crippen LogP contribution >= 0.6 is 0 Å². The quantitative estimate of drug-likeness (QED) is 0.569. The third-order valence-electron chi connectivity index (χ3n) is 3.61. The Bertz CT molecular complexity index is 952. The molecule has 0 fully saturated rings. The number of pyridine rings is 1. The highest BCUT2D eigenvalue weighted by Gasteiger charge is 2.11. The van der Waals surface area contributed by atoms with Crippen molar-refractivity contribution >= 4 is 11.0 Å². The van der Waals surface area contributed by atoms with E-state index in [9.17, 15) is 0 Å². The molecule has 4 rings (SSSR count). The maximum Gasteiger partial charge on any atom is 0.157 e. The van der Waals surface area contributed by atoms with Crippen molar-refractivity contribution < 1.29 is 0 Å². The van der Waals surface area contributed by atoms with Gasteiger partial charge in [-0.05, 0) is 25.1 Å². The number of fused-ring (bicyclic) bond motifs is 1. The Morgan fingerprint density at radius 1 is 1.05 bits per heavy atom. The van der Waals surface area contributed by atoms with Gasteiger partial charge in [-0.25, -0.2) is 19.6 Å². The second-order valence-electron chi connectivity index (χ2n) is 5.13. The minimum Gasteiger partial charge on any atom is -0.336 e. The van der Waals surface area contributed by atoms with Crippen LogP contribution in [0.4, 0.5) is 0 Å². The molecule has 0 aliphatic rings. The summed E-state index contributed by atoms with van der Waals surface area (Å²) in [5.41, 5.74) is 2.86. The molecule has 0 atom stereocenters. The zero-order valence-corrected chi connectivity index (χ0v) is 12.3. The van der Waals surface area contributed by atoms with Gasteiger partial charge in [-0.2, -0.15) is 5.10 Å². The first kappa shape index (κ1) is 12.7. The number of aromatic nitrogens is 6. The van der Waals surface area contributed by atoms with Crippen LogP contribution in [0.25, 0.3) is 28.1 Å². The molecule has 0 bridgehead atoms.